The lowest BCUT2D eigenvalue weighted by Gasteiger charge is -2.04. The molecule has 0 radical (unpaired) electrons. The molecule has 7 nitrogen and oxygen atoms in total. The summed E-state index contributed by atoms with van der Waals surface area (Å²) in [4.78, 5) is 25.6. The quantitative estimate of drug-likeness (QED) is 0.666. The number of alkyl halides is 1. The predicted molar refractivity (Wildman–Crippen MR) is 99.0 cm³/mol. The second kappa shape index (κ2) is 8.52. The largest absolute Gasteiger partial charge is 0.337 e. The van der Waals surface area contributed by atoms with Crippen molar-refractivity contribution in [3.05, 3.63) is 48.4 Å². The molecule has 0 aliphatic carbocycles. The van der Waals surface area contributed by atoms with E-state index in [0.717, 1.165) is 21.8 Å². The molecule has 0 fully saturated rings. The summed E-state index contributed by atoms with van der Waals surface area (Å²) >= 11 is 1.42. The number of hydrogen-bond donors (Lipinski definition) is 2. The normalized spacial score (nSPS) is 10.7. The Labute approximate surface area is 154 Å². The molecule has 3 aromatic rings. The molecule has 26 heavy (non-hydrogen) atoms. The van der Waals surface area contributed by atoms with E-state index >= 15 is 0 Å². The number of hydrogen-bond acceptors (Lipinski definition) is 5. The highest BCUT2D eigenvalue weighted by atomic mass is 32.1. The molecule has 0 atom stereocenters. The lowest BCUT2D eigenvalue weighted by molar-refractivity contribution is 0.252. The fourth-order valence-corrected chi connectivity index (χ4v) is 3.39. The van der Waals surface area contributed by atoms with Gasteiger partial charge in [0.05, 0.1) is 29.1 Å². The van der Waals surface area contributed by atoms with Crippen LogP contribution in [0.25, 0.3) is 10.4 Å². The predicted octanol–water partition coefficient (Wildman–Crippen LogP) is 3.04. The first-order chi connectivity index (χ1) is 12.7. The second-order valence-electron chi connectivity index (χ2n) is 5.59. The van der Waals surface area contributed by atoms with Gasteiger partial charge in [-0.2, -0.15) is 0 Å². The standard InChI is InChI=1S/C17H19FN6OS/c1-12-15(13-2-6-19-7-3-13)26-17(22-12)23-16(25)20-8-4-14-10-24(9-5-18)11-21-14/h2-3,6-7,10-11H,4-5,8-9H2,1H3,(H2,20,22,23,25). The van der Waals surface area contributed by atoms with Crippen LogP contribution in [0.5, 0.6) is 0 Å². The molecule has 3 rings (SSSR count). The molecule has 3 aromatic heterocycles. The average Bonchev–Trinajstić information content (AvgIpc) is 3.22. The van der Waals surface area contributed by atoms with Crippen molar-refractivity contribution >= 4 is 22.5 Å². The molecule has 0 saturated carbocycles. The highest BCUT2D eigenvalue weighted by Crippen LogP contribution is 2.32. The summed E-state index contributed by atoms with van der Waals surface area (Å²) in [6.07, 6.45) is 7.40. The number of pyridine rings is 1. The molecule has 0 spiro atoms. The Bertz CT molecular complexity index is 863. The van der Waals surface area contributed by atoms with Crippen LogP contribution in [-0.4, -0.2) is 38.8 Å². The smallest absolute Gasteiger partial charge is 0.321 e. The Balaban J connectivity index is 1.50. The minimum Gasteiger partial charge on any atom is -0.337 e. The SMILES string of the molecule is Cc1nc(NC(=O)NCCc2cn(CCF)cn2)sc1-c1ccncc1. The Morgan fingerprint density at radius 3 is 2.92 bits per heavy atom. The number of rotatable bonds is 7. The summed E-state index contributed by atoms with van der Waals surface area (Å²) in [5.74, 6) is 0. The Morgan fingerprint density at radius 2 is 2.15 bits per heavy atom. The lowest BCUT2D eigenvalue weighted by Crippen LogP contribution is -2.30. The summed E-state index contributed by atoms with van der Waals surface area (Å²) in [5, 5.41) is 6.06. The van der Waals surface area contributed by atoms with E-state index in [1.807, 2.05) is 19.1 Å². The number of nitrogens with zero attached hydrogens (tertiary/aromatic N) is 4. The number of anilines is 1. The van der Waals surface area contributed by atoms with Crippen LogP contribution in [0, 0.1) is 6.92 Å². The van der Waals surface area contributed by atoms with Crippen LogP contribution < -0.4 is 10.6 Å². The monoisotopic (exact) mass is 374 g/mol. The van der Waals surface area contributed by atoms with E-state index < -0.39 is 6.67 Å². The Morgan fingerprint density at radius 1 is 1.35 bits per heavy atom. The van der Waals surface area contributed by atoms with Crippen LogP contribution >= 0.6 is 11.3 Å². The third-order valence-electron chi connectivity index (χ3n) is 3.66. The molecule has 0 bridgehead atoms. The van der Waals surface area contributed by atoms with Crippen LogP contribution in [0.1, 0.15) is 11.4 Å². The topological polar surface area (TPSA) is 84.7 Å². The van der Waals surface area contributed by atoms with Crippen molar-refractivity contribution < 1.29 is 9.18 Å². The van der Waals surface area contributed by atoms with Crippen molar-refractivity contribution in [2.24, 2.45) is 0 Å². The molecule has 2 N–H and O–H groups in total. The number of carbonyl (C=O) groups is 1. The minimum absolute atomic E-state index is 0.296. The van der Waals surface area contributed by atoms with Crippen molar-refractivity contribution in [1.82, 2.24) is 24.8 Å². The van der Waals surface area contributed by atoms with Gasteiger partial charge in [0, 0.05) is 31.6 Å². The summed E-state index contributed by atoms with van der Waals surface area (Å²) in [7, 11) is 0. The third-order valence-corrected chi connectivity index (χ3v) is 4.78. The highest BCUT2D eigenvalue weighted by Gasteiger charge is 2.11. The number of urea groups is 1. The van der Waals surface area contributed by atoms with Gasteiger partial charge in [0.25, 0.3) is 0 Å². The summed E-state index contributed by atoms with van der Waals surface area (Å²) in [6, 6.07) is 3.50. The van der Waals surface area contributed by atoms with Gasteiger partial charge in [-0.05, 0) is 24.6 Å². The first-order valence-corrected chi connectivity index (χ1v) is 8.96. The maximum atomic E-state index is 12.3. The summed E-state index contributed by atoms with van der Waals surface area (Å²) in [6.45, 7) is 2.21. The Hall–Kier alpha value is -2.81. The van der Waals surface area contributed by atoms with Gasteiger partial charge >= 0.3 is 6.03 Å². The average molecular weight is 374 g/mol. The summed E-state index contributed by atoms with van der Waals surface area (Å²) < 4.78 is 14.0. The number of aromatic nitrogens is 4. The molecule has 0 unspecified atom stereocenters. The van der Waals surface area contributed by atoms with Crippen molar-refractivity contribution in [1.29, 1.82) is 0 Å². The van der Waals surface area contributed by atoms with Gasteiger partial charge in [0.2, 0.25) is 0 Å². The van der Waals surface area contributed by atoms with Gasteiger partial charge in [-0.1, -0.05) is 11.3 Å². The molecular formula is C17H19FN6OS. The van der Waals surface area contributed by atoms with Crippen LogP contribution in [0.3, 0.4) is 0 Å². The zero-order valence-electron chi connectivity index (χ0n) is 14.3. The number of amides is 2. The fraction of sp³-hybridized carbons (Fsp3) is 0.294. The van der Waals surface area contributed by atoms with E-state index in [9.17, 15) is 9.18 Å². The van der Waals surface area contributed by atoms with E-state index in [4.69, 9.17) is 0 Å². The van der Waals surface area contributed by atoms with Crippen molar-refractivity contribution in [3.8, 4) is 10.4 Å². The van der Waals surface area contributed by atoms with Gasteiger partial charge in [-0.15, -0.1) is 0 Å². The number of carbonyl (C=O) groups excluding carboxylic acids is 1. The molecule has 0 aromatic carbocycles. The molecule has 136 valence electrons. The molecule has 2 amide bonds. The van der Waals surface area contributed by atoms with Crippen LogP contribution in [0.4, 0.5) is 14.3 Å². The first-order valence-electron chi connectivity index (χ1n) is 8.15. The fourth-order valence-electron chi connectivity index (χ4n) is 2.42. The van der Waals surface area contributed by atoms with Gasteiger partial charge in [0.15, 0.2) is 5.13 Å². The number of imidazole rings is 1. The number of thiazole rings is 1. The van der Waals surface area contributed by atoms with Gasteiger partial charge < -0.3 is 9.88 Å². The van der Waals surface area contributed by atoms with Crippen LogP contribution in [0.2, 0.25) is 0 Å². The number of nitrogens with one attached hydrogen (secondary N) is 2. The van der Waals surface area contributed by atoms with Crippen molar-refractivity contribution in [2.45, 2.75) is 19.9 Å². The maximum absolute atomic E-state index is 12.3. The minimum atomic E-state index is -0.425. The van der Waals surface area contributed by atoms with Crippen molar-refractivity contribution in [3.63, 3.8) is 0 Å². The summed E-state index contributed by atoms with van der Waals surface area (Å²) in [5.41, 5.74) is 2.69. The molecular weight excluding hydrogens is 355 g/mol. The number of halogens is 1. The van der Waals surface area contributed by atoms with E-state index in [0.29, 0.717) is 24.6 Å². The molecule has 9 heteroatoms. The third kappa shape index (κ3) is 4.63. The number of aryl methyl sites for hydroxylation is 2. The zero-order chi connectivity index (χ0) is 18.4. The van der Waals surface area contributed by atoms with Crippen LogP contribution in [0.15, 0.2) is 37.1 Å². The molecule has 3 heterocycles. The lowest BCUT2D eigenvalue weighted by atomic mass is 10.2. The molecule has 0 saturated heterocycles. The van der Waals surface area contributed by atoms with Crippen molar-refractivity contribution in [2.75, 3.05) is 18.5 Å². The first kappa shape index (κ1) is 18.0. The van der Waals surface area contributed by atoms with E-state index in [-0.39, 0.29) is 6.03 Å². The van der Waals surface area contributed by atoms with E-state index in [1.165, 1.54) is 11.3 Å². The highest BCUT2D eigenvalue weighted by molar-refractivity contribution is 7.19. The second-order valence-corrected chi connectivity index (χ2v) is 6.59. The zero-order valence-corrected chi connectivity index (χ0v) is 15.1. The van der Waals surface area contributed by atoms with Gasteiger partial charge in [-0.25, -0.2) is 19.2 Å². The van der Waals surface area contributed by atoms with Crippen LogP contribution in [-0.2, 0) is 13.0 Å². The Kier molecular flexibility index (Phi) is 5.90. The van der Waals surface area contributed by atoms with E-state index in [1.54, 1.807) is 29.5 Å². The molecule has 0 aliphatic heterocycles. The molecule has 0 aliphatic rings. The van der Waals surface area contributed by atoms with Gasteiger partial charge in [0.1, 0.15) is 6.67 Å². The van der Waals surface area contributed by atoms with Gasteiger partial charge in [-0.3, -0.25) is 10.3 Å². The maximum Gasteiger partial charge on any atom is 0.321 e. The van der Waals surface area contributed by atoms with E-state index in [2.05, 4.69) is 25.6 Å².